The van der Waals surface area contributed by atoms with Gasteiger partial charge in [0.2, 0.25) is 0 Å². The fourth-order valence-corrected chi connectivity index (χ4v) is 2.33. The van der Waals surface area contributed by atoms with Crippen molar-refractivity contribution >= 4 is 11.5 Å². The van der Waals surface area contributed by atoms with Crippen LogP contribution in [0.25, 0.3) is 0 Å². The van der Waals surface area contributed by atoms with Gasteiger partial charge in [0.05, 0.1) is 11.4 Å². The quantitative estimate of drug-likeness (QED) is 0.707. The summed E-state index contributed by atoms with van der Waals surface area (Å²) in [4.78, 5) is 0. The van der Waals surface area contributed by atoms with Crippen LogP contribution in [0.5, 0.6) is 0 Å². The van der Waals surface area contributed by atoms with Gasteiger partial charge < -0.3 is 11.1 Å². The van der Waals surface area contributed by atoms with Gasteiger partial charge in [0.25, 0.3) is 0 Å². The van der Waals surface area contributed by atoms with Crippen LogP contribution in [-0.4, -0.2) is 16.3 Å². The van der Waals surface area contributed by atoms with E-state index in [1.54, 1.807) is 0 Å². The third-order valence-electron chi connectivity index (χ3n) is 3.69. The zero-order chi connectivity index (χ0) is 14.5. The van der Waals surface area contributed by atoms with Gasteiger partial charge in [0.15, 0.2) is 0 Å². The van der Waals surface area contributed by atoms with Crippen molar-refractivity contribution in [2.75, 3.05) is 17.6 Å². The molecule has 0 saturated carbocycles. The molecule has 0 bridgehead atoms. The molecule has 0 atom stereocenters. The summed E-state index contributed by atoms with van der Waals surface area (Å²) in [6.45, 7) is 9.88. The summed E-state index contributed by atoms with van der Waals surface area (Å²) in [5.74, 6) is 0.959. The maximum absolute atomic E-state index is 6.12. The van der Waals surface area contributed by atoms with Crippen LogP contribution in [0.4, 0.5) is 11.5 Å². The Labute approximate surface area is 117 Å². The van der Waals surface area contributed by atoms with Crippen molar-refractivity contribution in [3.8, 4) is 0 Å². The average Bonchev–Trinajstić information content (AvgIpc) is 2.62. The molecule has 0 saturated heterocycles. The highest BCUT2D eigenvalue weighted by Gasteiger charge is 2.19. The molecule has 0 spiro atoms. The lowest BCUT2D eigenvalue weighted by Gasteiger charge is -2.25. The molecule has 0 aromatic carbocycles. The van der Waals surface area contributed by atoms with Crippen molar-refractivity contribution in [2.45, 2.75) is 59.8 Å². The van der Waals surface area contributed by atoms with Crippen molar-refractivity contribution in [1.29, 1.82) is 0 Å². The molecule has 110 valence electrons. The summed E-state index contributed by atoms with van der Waals surface area (Å²) in [6.07, 6.45) is 6.01. The molecule has 0 fully saturated rings. The van der Waals surface area contributed by atoms with E-state index in [1.165, 1.54) is 25.7 Å². The molecule has 0 aliphatic carbocycles. The molecule has 1 rings (SSSR count). The molecule has 1 heterocycles. The maximum atomic E-state index is 6.12. The van der Waals surface area contributed by atoms with Gasteiger partial charge >= 0.3 is 0 Å². The number of nitrogens with two attached hydrogens (primary N) is 1. The van der Waals surface area contributed by atoms with Crippen LogP contribution in [-0.2, 0) is 13.5 Å². The fourth-order valence-electron chi connectivity index (χ4n) is 2.33. The maximum Gasteiger partial charge on any atom is 0.147 e. The van der Waals surface area contributed by atoms with Gasteiger partial charge in [-0.15, -0.1) is 0 Å². The molecular weight excluding hydrogens is 236 g/mol. The van der Waals surface area contributed by atoms with E-state index in [0.717, 1.165) is 30.2 Å². The van der Waals surface area contributed by atoms with Crippen LogP contribution in [0.3, 0.4) is 0 Å². The van der Waals surface area contributed by atoms with Gasteiger partial charge in [0, 0.05) is 13.6 Å². The van der Waals surface area contributed by atoms with Crippen molar-refractivity contribution in [1.82, 2.24) is 9.78 Å². The second-order valence-electron chi connectivity index (χ2n) is 6.16. The standard InChI is InChI=1S/C15H30N4/c1-6-8-9-10-15(3,4)11-17-14-13(16)12(7-2)18-19(14)5/h17H,6-11,16H2,1-5H3. The number of nitrogen functional groups attached to an aromatic ring is 1. The summed E-state index contributed by atoms with van der Waals surface area (Å²) in [7, 11) is 1.95. The Hall–Kier alpha value is -1.19. The Morgan fingerprint density at radius 3 is 2.47 bits per heavy atom. The first-order chi connectivity index (χ1) is 8.91. The predicted octanol–water partition coefficient (Wildman–Crippen LogP) is 3.58. The number of aryl methyl sites for hydroxylation is 2. The normalized spacial score (nSPS) is 11.8. The number of nitrogens with one attached hydrogen (secondary N) is 1. The summed E-state index contributed by atoms with van der Waals surface area (Å²) < 4.78 is 1.86. The smallest absolute Gasteiger partial charge is 0.147 e. The van der Waals surface area contributed by atoms with Crippen LogP contribution in [0.1, 0.15) is 59.1 Å². The molecule has 0 aliphatic heterocycles. The average molecular weight is 266 g/mol. The van der Waals surface area contributed by atoms with E-state index in [1.807, 2.05) is 11.7 Å². The largest absolute Gasteiger partial charge is 0.394 e. The fraction of sp³-hybridized carbons (Fsp3) is 0.800. The highest BCUT2D eigenvalue weighted by atomic mass is 15.3. The Balaban J connectivity index is 2.58. The van der Waals surface area contributed by atoms with Crippen molar-refractivity contribution in [2.24, 2.45) is 12.5 Å². The second kappa shape index (κ2) is 6.83. The van der Waals surface area contributed by atoms with Crippen LogP contribution >= 0.6 is 0 Å². The number of nitrogens with zero attached hydrogens (tertiary/aromatic N) is 2. The zero-order valence-electron chi connectivity index (χ0n) is 13.2. The van der Waals surface area contributed by atoms with Gasteiger partial charge in [0.1, 0.15) is 5.82 Å². The Morgan fingerprint density at radius 1 is 1.26 bits per heavy atom. The van der Waals surface area contributed by atoms with Crippen LogP contribution in [0, 0.1) is 5.41 Å². The van der Waals surface area contributed by atoms with Crippen LogP contribution in [0.2, 0.25) is 0 Å². The van der Waals surface area contributed by atoms with E-state index in [-0.39, 0.29) is 5.41 Å². The number of hydrogen-bond acceptors (Lipinski definition) is 3. The third-order valence-corrected chi connectivity index (χ3v) is 3.69. The van der Waals surface area contributed by atoms with Gasteiger partial charge in [-0.2, -0.15) is 5.10 Å². The molecule has 3 N–H and O–H groups in total. The third kappa shape index (κ3) is 4.44. The summed E-state index contributed by atoms with van der Waals surface area (Å²) in [6, 6.07) is 0. The predicted molar refractivity (Wildman–Crippen MR) is 83.4 cm³/mol. The van der Waals surface area contributed by atoms with Gasteiger partial charge in [-0.1, -0.05) is 47.0 Å². The lowest BCUT2D eigenvalue weighted by molar-refractivity contribution is 0.342. The topological polar surface area (TPSA) is 55.9 Å². The zero-order valence-corrected chi connectivity index (χ0v) is 13.2. The Kier molecular flexibility index (Phi) is 5.70. The van der Waals surface area contributed by atoms with E-state index >= 15 is 0 Å². The molecule has 1 aromatic heterocycles. The van der Waals surface area contributed by atoms with Crippen LogP contribution in [0.15, 0.2) is 0 Å². The molecule has 0 aliphatic rings. The lowest BCUT2D eigenvalue weighted by Crippen LogP contribution is -2.24. The molecule has 4 nitrogen and oxygen atoms in total. The van der Waals surface area contributed by atoms with E-state index in [4.69, 9.17) is 5.73 Å². The van der Waals surface area contributed by atoms with E-state index in [0.29, 0.717) is 0 Å². The summed E-state index contributed by atoms with van der Waals surface area (Å²) in [5.41, 5.74) is 8.19. The van der Waals surface area contributed by atoms with Crippen LogP contribution < -0.4 is 11.1 Å². The number of hydrogen-bond donors (Lipinski definition) is 2. The first-order valence-corrected chi connectivity index (χ1v) is 7.46. The number of anilines is 2. The molecule has 0 amide bonds. The highest BCUT2D eigenvalue weighted by Crippen LogP contribution is 2.27. The minimum absolute atomic E-state index is 0.290. The molecule has 0 radical (unpaired) electrons. The Morgan fingerprint density at radius 2 is 1.95 bits per heavy atom. The van der Waals surface area contributed by atoms with Gasteiger partial charge in [-0.05, 0) is 18.3 Å². The highest BCUT2D eigenvalue weighted by molar-refractivity contribution is 5.65. The van der Waals surface area contributed by atoms with E-state index in [9.17, 15) is 0 Å². The molecule has 1 aromatic rings. The van der Waals surface area contributed by atoms with Crippen molar-refractivity contribution < 1.29 is 0 Å². The molecule has 4 heteroatoms. The van der Waals surface area contributed by atoms with Crippen molar-refractivity contribution in [3.63, 3.8) is 0 Å². The monoisotopic (exact) mass is 266 g/mol. The molecule has 0 unspecified atom stereocenters. The molecular formula is C15H30N4. The SMILES string of the molecule is CCCCCC(C)(C)CNc1c(N)c(CC)nn1C. The number of rotatable bonds is 8. The van der Waals surface area contributed by atoms with E-state index < -0.39 is 0 Å². The number of unbranched alkanes of at least 4 members (excludes halogenated alkanes) is 2. The van der Waals surface area contributed by atoms with E-state index in [2.05, 4.69) is 38.1 Å². The first-order valence-electron chi connectivity index (χ1n) is 7.46. The summed E-state index contributed by atoms with van der Waals surface area (Å²) in [5, 5.41) is 7.91. The second-order valence-corrected chi connectivity index (χ2v) is 6.16. The van der Waals surface area contributed by atoms with Gasteiger partial charge in [-0.3, -0.25) is 4.68 Å². The Bertz CT molecular complexity index is 393. The first kappa shape index (κ1) is 15.9. The minimum Gasteiger partial charge on any atom is -0.394 e. The summed E-state index contributed by atoms with van der Waals surface area (Å²) >= 11 is 0. The van der Waals surface area contributed by atoms with Crippen molar-refractivity contribution in [3.05, 3.63) is 5.69 Å². The van der Waals surface area contributed by atoms with Gasteiger partial charge in [-0.25, -0.2) is 0 Å². The molecule has 19 heavy (non-hydrogen) atoms. The minimum atomic E-state index is 0.290. The lowest BCUT2D eigenvalue weighted by atomic mass is 9.87. The number of aromatic nitrogens is 2.